The van der Waals surface area contributed by atoms with Crippen LogP contribution in [0.2, 0.25) is 0 Å². The molecule has 2 aromatic heterocycles. The standard InChI is InChI=1S/C57H63F2N7O5/c1-39-50(56(69)66(46-13-5-3-6-14-46)48-34-60-65(38-48)57(58)59)33-53(61(39)2)51-31-43-19-25-63(54(67)29-41-15-17-49(18-16-41)71-28-22-40-20-26-70-27-21-40)35-45(43)32-52(51)55(68)64-36-44-12-8-7-11-42(44)30-47(64)37-62-23-9-4-10-24-62/h3,5-8,11-18,31-34,38,40,47,57H,4,9-10,19-30,35-37H2,1-2H3/t47-/m0/s1. The number of halogens is 2. The second-order valence-electron chi connectivity index (χ2n) is 19.7. The van der Waals surface area contributed by atoms with Crippen LogP contribution in [0.3, 0.4) is 0 Å². The Morgan fingerprint density at radius 3 is 2.31 bits per heavy atom. The number of hydrogen-bond donors (Lipinski definition) is 0. The number of rotatable bonds is 14. The number of aromatic nitrogens is 3. The molecule has 6 heterocycles. The highest BCUT2D eigenvalue weighted by molar-refractivity contribution is 6.12. The number of carbonyl (C=O) groups is 3. The number of amides is 3. The van der Waals surface area contributed by atoms with Crippen LogP contribution in [0.1, 0.15) is 99.3 Å². The molecule has 370 valence electrons. The highest BCUT2D eigenvalue weighted by Gasteiger charge is 2.36. The van der Waals surface area contributed by atoms with Crippen LogP contribution in [0.15, 0.2) is 109 Å². The molecule has 0 unspecified atom stereocenters. The average Bonchev–Trinajstić information content (AvgIpc) is 4.01. The molecule has 10 rings (SSSR count). The van der Waals surface area contributed by atoms with E-state index in [4.69, 9.17) is 9.47 Å². The number of fused-ring (bicyclic) bond motifs is 2. The van der Waals surface area contributed by atoms with E-state index >= 15 is 4.79 Å². The Labute approximate surface area is 414 Å². The molecule has 0 bridgehead atoms. The average molecular weight is 964 g/mol. The zero-order chi connectivity index (χ0) is 49.0. The third kappa shape index (κ3) is 10.6. The SMILES string of the molecule is Cc1c(C(=O)N(c2ccccc2)c2cnn(C(F)F)c2)cc(-c2cc3c(cc2C(=O)N2Cc4ccccc4C[C@H]2CN2CCCCC2)CN(C(=O)Cc2ccc(OCCC4CCOCC4)cc2)CC3)n1C. The first-order chi connectivity index (χ1) is 34.6. The summed E-state index contributed by atoms with van der Waals surface area (Å²) in [6, 6.07) is 31.0. The van der Waals surface area contributed by atoms with Gasteiger partial charge in [0.05, 0.1) is 36.7 Å². The van der Waals surface area contributed by atoms with E-state index in [1.165, 1.54) is 29.3 Å². The van der Waals surface area contributed by atoms with Crippen LogP contribution in [0, 0.1) is 12.8 Å². The van der Waals surface area contributed by atoms with Gasteiger partial charge in [0, 0.05) is 80.7 Å². The van der Waals surface area contributed by atoms with Crippen LogP contribution in [-0.2, 0) is 48.9 Å². The third-order valence-electron chi connectivity index (χ3n) is 15.2. The molecule has 12 nitrogen and oxygen atoms in total. The summed E-state index contributed by atoms with van der Waals surface area (Å²) in [5.41, 5.74) is 8.81. The second-order valence-corrected chi connectivity index (χ2v) is 19.7. The van der Waals surface area contributed by atoms with Gasteiger partial charge in [-0.15, -0.1) is 0 Å². The molecule has 4 aromatic carbocycles. The lowest BCUT2D eigenvalue weighted by atomic mass is 9.89. The number of nitrogens with zero attached hydrogens (tertiary/aromatic N) is 7. The van der Waals surface area contributed by atoms with Gasteiger partial charge in [0.15, 0.2) is 0 Å². The minimum atomic E-state index is -2.88. The van der Waals surface area contributed by atoms with Crippen molar-refractivity contribution in [3.05, 3.63) is 154 Å². The number of anilines is 2. The zero-order valence-electron chi connectivity index (χ0n) is 40.8. The summed E-state index contributed by atoms with van der Waals surface area (Å²) in [6.07, 6.45) is 10.7. The molecule has 0 radical (unpaired) electrons. The van der Waals surface area contributed by atoms with Crippen molar-refractivity contribution in [3.8, 4) is 17.0 Å². The van der Waals surface area contributed by atoms with Gasteiger partial charge in [-0.05, 0) is 141 Å². The molecule has 14 heteroatoms. The van der Waals surface area contributed by atoms with Gasteiger partial charge in [-0.2, -0.15) is 13.9 Å². The summed E-state index contributed by atoms with van der Waals surface area (Å²) in [5.74, 6) is 0.911. The predicted octanol–water partition coefficient (Wildman–Crippen LogP) is 9.95. The van der Waals surface area contributed by atoms with Crippen LogP contribution < -0.4 is 9.64 Å². The van der Waals surface area contributed by atoms with Crippen LogP contribution >= 0.6 is 0 Å². The number of ether oxygens (including phenoxy) is 2. The summed E-state index contributed by atoms with van der Waals surface area (Å²) >= 11 is 0. The van der Waals surface area contributed by atoms with Crippen molar-refractivity contribution >= 4 is 29.1 Å². The fraction of sp³-hybridized carbons (Fsp3) is 0.404. The number of alkyl halides is 2. The molecule has 71 heavy (non-hydrogen) atoms. The van der Waals surface area contributed by atoms with Gasteiger partial charge in [0.1, 0.15) is 5.75 Å². The maximum atomic E-state index is 15.7. The van der Waals surface area contributed by atoms with Crippen molar-refractivity contribution in [2.75, 3.05) is 50.9 Å². The topological polar surface area (TPSA) is 105 Å². The van der Waals surface area contributed by atoms with Gasteiger partial charge in [-0.3, -0.25) is 19.3 Å². The highest BCUT2D eigenvalue weighted by atomic mass is 19.3. The summed E-state index contributed by atoms with van der Waals surface area (Å²) < 4.78 is 41.7. The Morgan fingerprint density at radius 2 is 1.56 bits per heavy atom. The second kappa shape index (κ2) is 21.4. The first-order valence-corrected chi connectivity index (χ1v) is 25.3. The predicted molar refractivity (Wildman–Crippen MR) is 269 cm³/mol. The van der Waals surface area contributed by atoms with Crippen LogP contribution in [0.4, 0.5) is 20.2 Å². The van der Waals surface area contributed by atoms with E-state index in [-0.39, 0.29) is 30.0 Å². The molecular weight excluding hydrogens is 901 g/mol. The first-order valence-electron chi connectivity index (χ1n) is 25.3. The van der Waals surface area contributed by atoms with Gasteiger partial charge >= 0.3 is 6.55 Å². The summed E-state index contributed by atoms with van der Waals surface area (Å²) in [6.45, 7) is 5.39. The first kappa shape index (κ1) is 48.0. The number of likely N-dealkylation sites (tertiary alicyclic amines) is 1. The molecular formula is C57H63F2N7O5. The Balaban J connectivity index is 0.971. The van der Waals surface area contributed by atoms with Crippen molar-refractivity contribution < 1.29 is 32.6 Å². The Hall–Kier alpha value is -6.64. The molecule has 2 saturated heterocycles. The van der Waals surface area contributed by atoms with Gasteiger partial charge < -0.3 is 28.7 Å². The highest BCUT2D eigenvalue weighted by Crippen LogP contribution is 2.38. The lowest BCUT2D eigenvalue weighted by Crippen LogP contribution is -2.51. The normalized spacial score (nSPS) is 17.5. The molecule has 2 fully saturated rings. The quantitative estimate of drug-likeness (QED) is 0.107. The Kier molecular flexibility index (Phi) is 14.5. The fourth-order valence-electron chi connectivity index (χ4n) is 11.0. The van der Waals surface area contributed by atoms with Crippen LogP contribution in [0.5, 0.6) is 5.75 Å². The zero-order valence-corrected chi connectivity index (χ0v) is 40.8. The molecule has 0 spiro atoms. The molecule has 0 aliphatic carbocycles. The maximum absolute atomic E-state index is 15.7. The molecule has 3 amide bonds. The fourth-order valence-corrected chi connectivity index (χ4v) is 11.0. The number of piperidine rings is 1. The van der Waals surface area contributed by atoms with Crippen molar-refractivity contribution in [2.45, 2.75) is 90.4 Å². The van der Waals surface area contributed by atoms with Crippen molar-refractivity contribution in [1.82, 2.24) is 29.0 Å². The number of hydrogen-bond acceptors (Lipinski definition) is 7. The van der Waals surface area contributed by atoms with E-state index in [0.717, 1.165) is 99.4 Å². The summed E-state index contributed by atoms with van der Waals surface area (Å²) in [4.78, 5) is 52.5. The minimum absolute atomic E-state index is 0.0123. The van der Waals surface area contributed by atoms with E-state index in [1.54, 1.807) is 24.3 Å². The third-order valence-corrected chi connectivity index (χ3v) is 15.2. The molecule has 0 saturated carbocycles. The lowest BCUT2D eigenvalue weighted by Gasteiger charge is -2.41. The molecule has 0 N–H and O–H groups in total. The van der Waals surface area contributed by atoms with Gasteiger partial charge in [-0.25, -0.2) is 4.68 Å². The van der Waals surface area contributed by atoms with Crippen LogP contribution in [-0.4, -0.2) is 98.8 Å². The van der Waals surface area contributed by atoms with Crippen molar-refractivity contribution in [2.24, 2.45) is 13.0 Å². The molecule has 4 aliphatic heterocycles. The van der Waals surface area contributed by atoms with E-state index in [2.05, 4.69) is 34.3 Å². The lowest BCUT2D eigenvalue weighted by molar-refractivity contribution is -0.131. The van der Waals surface area contributed by atoms with Gasteiger partial charge in [0.2, 0.25) is 5.91 Å². The maximum Gasteiger partial charge on any atom is 0.333 e. The summed E-state index contributed by atoms with van der Waals surface area (Å²) in [7, 11) is 1.89. The monoisotopic (exact) mass is 963 g/mol. The van der Waals surface area contributed by atoms with E-state index in [9.17, 15) is 18.4 Å². The van der Waals surface area contributed by atoms with Gasteiger partial charge in [-0.1, -0.05) is 61.0 Å². The van der Waals surface area contributed by atoms with E-state index in [1.807, 2.05) is 76.9 Å². The minimum Gasteiger partial charge on any atom is -0.494 e. The van der Waals surface area contributed by atoms with Crippen LogP contribution in [0.25, 0.3) is 11.3 Å². The largest absolute Gasteiger partial charge is 0.494 e. The van der Waals surface area contributed by atoms with Gasteiger partial charge in [0.25, 0.3) is 11.8 Å². The smallest absolute Gasteiger partial charge is 0.333 e. The molecule has 6 aromatic rings. The number of benzene rings is 4. The van der Waals surface area contributed by atoms with E-state index < -0.39 is 12.5 Å². The Bertz CT molecular complexity index is 2850. The number of carbonyl (C=O) groups excluding carboxylic acids is 3. The summed E-state index contributed by atoms with van der Waals surface area (Å²) in [5, 5.41) is 3.86. The molecule has 4 aliphatic rings. The van der Waals surface area contributed by atoms with Crippen molar-refractivity contribution in [1.29, 1.82) is 0 Å². The van der Waals surface area contributed by atoms with E-state index in [0.29, 0.717) is 77.0 Å². The Morgan fingerprint density at radius 1 is 0.817 bits per heavy atom. The number of para-hydroxylation sites is 1. The van der Waals surface area contributed by atoms with Crippen molar-refractivity contribution in [3.63, 3.8) is 0 Å². The molecule has 1 atom stereocenters.